The minimum atomic E-state index is -0.852. The molecule has 0 spiro atoms. The Kier molecular flexibility index (Phi) is 46.7. The molecular formula is C57H88O6. The fourth-order valence-corrected chi connectivity index (χ4v) is 6.01. The molecule has 6 heteroatoms. The molecule has 0 N–H and O–H groups in total. The Labute approximate surface area is 385 Å². The van der Waals surface area contributed by atoms with Crippen LogP contribution in [0, 0.1) is 0 Å². The Balaban J connectivity index is 4.52. The Morgan fingerprint density at radius 2 is 0.698 bits per heavy atom. The molecule has 352 valence electrons. The summed E-state index contributed by atoms with van der Waals surface area (Å²) in [5.41, 5.74) is 0. The van der Waals surface area contributed by atoms with Crippen molar-refractivity contribution < 1.29 is 28.6 Å². The quantitative estimate of drug-likeness (QED) is 0.0263. The van der Waals surface area contributed by atoms with E-state index in [-0.39, 0.29) is 32.0 Å². The van der Waals surface area contributed by atoms with E-state index in [4.69, 9.17) is 14.2 Å². The zero-order valence-electron chi connectivity index (χ0n) is 40.0. The first-order chi connectivity index (χ1) is 31.0. The van der Waals surface area contributed by atoms with Crippen LogP contribution in [0.3, 0.4) is 0 Å². The molecule has 0 saturated carbocycles. The van der Waals surface area contributed by atoms with Crippen molar-refractivity contribution in [3.05, 3.63) is 134 Å². The van der Waals surface area contributed by atoms with Crippen molar-refractivity contribution in [1.82, 2.24) is 0 Å². The smallest absolute Gasteiger partial charge is 0.309 e. The van der Waals surface area contributed by atoms with Crippen LogP contribution < -0.4 is 0 Å². The third kappa shape index (κ3) is 48.4. The van der Waals surface area contributed by atoms with Crippen LogP contribution in [0.1, 0.15) is 188 Å². The molecule has 63 heavy (non-hydrogen) atoms. The minimum absolute atomic E-state index is 0.115. The standard InChI is InChI=1S/C57H88O6/c1-4-7-10-13-16-19-21-23-25-27-28-30-31-33-35-38-41-44-47-50-56(59)62-53-54(52-61-55(58)49-46-43-40-37-18-15-12-9-6-3)63-57(60)51-48-45-42-39-36-34-32-29-26-24-22-20-17-14-11-8-5-2/h7,9-10,12,16-20,23-26,28,30,32,34,37,39,42-43,46,54H,4-6,8,11,13-15,21-22,27,29,31,33,35-36,38,40-41,44-45,47-53H2,1-3H3/b10-7-,12-9-,19-16-,20-17-,25-23-,26-24-,30-28-,34-32-,37-18-,42-39-,46-43-. The lowest BCUT2D eigenvalue weighted by atomic mass is 10.1. The van der Waals surface area contributed by atoms with E-state index in [0.717, 1.165) is 103 Å². The molecule has 0 amide bonds. The first kappa shape index (κ1) is 58.6. The fraction of sp³-hybridized carbons (Fsp3) is 0.561. The summed E-state index contributed by atoms with van der Waals surface area (Å²) < 4.78 is 16.6. The third-order valence-electron chi connectivity index (χ3n) is 9.65. The number of esters is 3. The van der Waals surface area contributed by atoms with Gasteiger partial charge in [-0.05, 0) is 109 Å². The maximum Gasteiger partial charge on any atom is 0.309 e. The Bertz CT molecular complexity index is 1420. The van der Waals surface area contributed by atoms with Crippen LogP contribution in [-0.4, -0.2) is 37.2 Å². The fourth-order valence-electron chi connectivity index (χ4n) is 6.01. The monoisotopic (exact) mass is 869 g/mol. The molecule has 0 saturated heterocycles. The molecule has 1 unspecified atom stereocenters. The lowest BCUT2D eigenvalue weighted by Crippen LogP contribution is -2.30. The molecule has 0 aliphatic heterocycles. The van der Waals surface area contributed by atoms with Gasteiger partial charge in [-0.25, -0.2) is 0 Å². The van der Waals surface area contributed by atoms with Gasteiger partial charge >= 0.3 is 17.9 Å². The second-order valence-electron chi connectivity index (χ2n) is 15.6. The highest BCUT2D eigenvalue weighted by atomic mass is 16.6. The van der Waals surface area contributed by atoms with E-state index in [2.05, 4.69) is 142 Å². The van der Waals surface area contributed by atoms with E-state index in [9.17, 15) is 14.4 Å². The average Bonchev–Trinajstić information content (AvgIpc) is 3.28. The van der Waals surface area contributed by atoms with E-state index in [1.54, 1.807) is 6.08 Å². The topological polar surface area (TPSA) is 78.9 Å². The first-order valence-corrected chi connectivity index (χ1v) is 24.7. The van der Waals surface area contributed by atoms with Gasteiger partial charge in [-0.1, -0.05) is 193 Å². The van der Waals surface area contributed by atoms with Crippen molar-refractivity contribution >= 4 is 17.9 Å². The zero-order chi connectivity index (χ0) is 45.8. The number of rotatable bonds is 42. The summed E-state index contributed by atoms with van der Waals surface area (Å²) in [6.07, 6.45) is 70.5. The number of carbonyl (C=O) groups is 3. The van der Waals surface area contributed by atoms with Crippen molar-refractivity contribution in [2.24, 2.45) is 0 Å². The number of hydrogen-bond donors (Lipinski definition) is 0. The second-order valence-corrected chi connectivity index (χ2v) is 15.6. The van der Waals surface area contributed by atoms with Gasteiger partial charge in [0.05, 0.1) is 6.42 Å². The Morgan fingerprint density at radius 1 is 0.349 bits per heavy atom. The molecular weight excluding hydrogens is 781 g/mol. The lowest BCUT2D eigenvalue weighted by Gasteiger charge is -2.18. The van der Waals surface area contributed by atoms with Crippen molar-refractivity contribution in [1.29, 1.82) is 0 Å². The normalized spacial score (nSPS) is 13.3. The molecule has 0 aliphatic carbocycles. The number of allylic oxidation sites excluding steroid dienone is 21. The van der Waals surface area contributed by atoms with Crippen molar-refractivity contribution in [3.63, 3.8) is 0 Å². The zero-order valence-corrected chi connectivity index (χ0v) is 40.0. The molecule has 0 bridgehead atoms. The van der Waals surface area contributed by atoms with Crippen LogP contribution in [0.4, 0.5) is 0 Å². The average molecular weight is 869 g/mol. The van der Waals surface area contributed by atoms with E-state index in [1.807, 2.05) is 6.08 Å². The molecule has 0 aromatic carbocycles. The van der Waals surface area contributed by atoms with Gasteiger partial charge in [0.15, 0.2) is 6.10 Å². The molecule has 6 nitrogen and oxygen atoms in total. The number of unbranched alkanes of at least 4 members (excludes halogenated alkanes) is 10. The van der Waals surface area contributed by atoms with E-state index in [0.29, 0.717) is 12.8 Å². The van der Waals surface area contributed by atoms with Crippen LogP contribution in [0.15, 0.2) is 134 Å². The highest BCUT2D eigenvalue weighted by Gasteiger charge is 2.19. The second kappa shape index (κ2) is 50.2. The number of ether oxygens (including phenoxy) is 3. The van der Waals surface area contributed by atoms with Gasteiger partial charge in [0.1, 0.15) is 13.2 Å². The van der Waals surface area contributed by atoms with E-state index in [1.165, 1.54) is 38.5 Å². The highest BCUT2D eigenvalue weighted by Crippen LogP contribution is 2.11. The molecule has 0 aliphatic rings. The van der Waals surface area contributed by atoms with Gasteiger partial charge in [0.2, 0.25) is 0 Å². The number of carbonyl (C=O) groups excluding carboxylic acids is 3. The molecule has 1 atom stereocenters. The molecule has 0 radical (unpaired) electrons. The van der Waals surface area contributed by atoms with E-state index < -0.39 is 18.0 Å². The van der Waals surface area contributed by atoms with Gasteiger partial charge < -0.3 is 14.2 Å². The summed E-state index contributed by atoms with van der Waals surface area (Å²) in [6, 6.07) is 0. The largest absolute Gasteiger partial charge is 0.462 e. The van der Waals surface area contributed by atoms with E-state index >= 15 is 0 Å². The van der Waals surface area contributed by atoms with Gasteiger partial charge in [-0.3, -0.25) is 14.4 Å². The van der Waals surface area contributed by atoms with Gasteiger partial charge in [-0.15, -0.1) is 0 Å². The van der Waals surface area contributed by atoms with Crippen LogP contribution >= 0.6 is 0 Å². The van der Waals surface area contributed by atoms with Crippen molar-refractivity contribution in [2.75, 3.05) is 13.2 Å². The van der Waals surface area contributed by atoms with Gasteiger partial charge in [0, 0.05) is 12.8 Å². The summed E-state index contributed by atoms with van der Waals surface area (Å²) in [4.78, 5) is 37.8. The number of hydrogen-bond acceptors (Lipinski definition) is 6. The predicted octanol–water partition coefficient (Wildman–Crippen LogP) is 16.3. The van der Waals surface area contributed by atoms with Gasteiger partial charge in [0.25, 0.3) is 0 Å². The maximum absolute atomic E-state index is 12.7. The molecule has 0 fully saturated rings. The van der Waals surface area contributed by atoms with Gasteiger partial charge in [-0.2, -0.15) is 0 Å². The molecule has 0 aromatic rings. The van der Waals surface area contributed by atoms with Crippen LogP contribution in [0.25, 0.3) is 0 Å². The van der Waals surface area contributed by atoms with Crippen LogP contribution in [0.5, 0.6) is 0 Å². The Morgan fingerprint density at radius 3 is 1.16 bits per heavy atom. The minimum Gasteiger partial charge on any atom is -0.462 e. The summed E-state index contributed by atoms with van der Waals surface area (Å²) >= 11 is 0. The first-order valence-electron chi connectivity index (χ1n) is 24.7. The molecule has 0 rings (SSSR count). The Hall–Kier alpha value is -4.45. The van der Waals surface area contributed by atoms with Crippen LogP contribution in [0.2, 0.25) is 0 Å². The maximum atomic E-state index is 12.7. The van der Waals surface area contributed by atoms with Crippen molar-refractivity contribution in [3.8, 4) is 0 Å². The van der Waals surface area contributed by atoms with Crippen LogP contribution in [-0.2, 0) is 28.6 Å². The summed E-state index contributed by atoms with van der Waals surface area (Å²) in [7, 11) is 0. The molecule has 0 heterocycles. The SMILES string of the molecule is CC/C=C\C/C=C\C/C=C\C/C=C\CCCCCCCCC(=O)OCC(COC(=O)C/C=C\C/C=C\C/C=C\CC)OC(=O)CCC/C=C\C/C=C\C/C=C\C/C=C\CCCCC. The summed E-state index contributed by atoms with van der Waals surface area (Å²) in [6.45, 7) is 6.19. The highest BCUT2D eigenvalue weighted by molar-refractivity contribution is 5.72. The summed E-state index contributed by atoms with van der Waals surface area (Å²) in [5, 5.41) is 0. The van der Waals surface area contributed by atoms with Crippen molar-refractivity contribution in [2.45, 2.75) is 194 Å². The third-order valence-corrected chi connectivity index (χ3v) is 9.65. The molecule has 0 aromatic heterocycles. The lowest BCUT2D eigenvalue weighted by molar-refractivity contribution is -0.166. The predicted molar refractivity (Wildman–Crippen MR) is 269 cm³/mol. The summed E-state index contributed by atoms with van der Waals surface area (Å²) in [5.74, 6) is -1.15.